The van der Waals surface area contributed by atoms with Crippen LogP contribution in [-0.4, -0.2) is 47.4 Å². The van der Waals surface area contributed by atoms with Crippen molar-refractivity contribution in [2.45, 2.75) is 38.8 Å². The SMILES string of the molecule is CCC(C)N(CC(=O)N1CCc2sccc2C1COc1ccc(Cl)cc1)C(=O)c1ccco1. The van der Waals surface area contributed by atoms with E-state index in [1.165, 1.54) is 11.1 Å². The minimum Gasteiger partial charge on any atom is -0.491 e. The first-order valence-corrected chi connectivity index (χ1v) is 12.3. The summed E-state index contributed by atoms with van der Waals surface area (Å²) in [6.07, 6.45) is 3.00. The molecule has 6 nitrogen and oxygen atoms in total. The number of furan rings is 1. The van der Waals surface area contributed by atoms with E-state index in [0.717, 1.165) is 18.4 Å². The molecule has 0 saturated heterocycles. The van der Waals surface area contributed by atoms with Gasteiger partial charge in [0.05, 0.1) is 12.3 Å². The van der Waals surface area contributed by atoms with Crippen LogP contribution < -0.4 is 4.74 Å². The maximum atomic E-state index is 13.5. The number of thiophene rings is 1. The lowest BCUT2D eigenvalue weighted by molar-refractivity contribution is -0.136. The summed E-state index contributed by atoms with van der Waals surface area (Å²) in [5.41, 5.74) is 1.11. The Morgan fingerprint density at radius 3 is 2.76 bits per heavy atom. The van der Waals surface area contributed by atoms with Gasteiger partial charge in [0.15, 0.2) is 5.76 Å². The number of amides is 2. The summed E-state index contributed by atoms with van der Waals surface area (Å²) < 4.78 is 11.4. The van der Waals surface area contributed by atoms with Gasteiger partial charge in [-0.1, -0.05) is 18.5 Å². The minimum absolute atomic E-state index is 0.00848. The molecule has 2 unspecified atom stereocenters. The highest BCUT2D eigenvalue weighted by molar-refractivity contribution is 7.10. The lowest BCUT2D eigenvalue weighted by Gasteiger charge is -2.38. The molecule has 174 valence electrons. The predicted molar refractivity (Wildman–Crippen MR) is 129 cm³/mol. The molecular weight excluding hydrogens is 460 g/mol. The van der Waals surface area contributed by atoms with E-state index < -0.39 is 0 Å². The van der Waals surface area contributed by atoms with Crippen molar-refractivity contribution in [3.63, 3.8) is 0 Å². The first-order chi connectivity index (χ1) is 16.0. The van der Waals surface area contributed by atoms with Gasteiger partial charge in [-0.3, -0.25) is 9.59 Å². The molecule has 8 heteroatoms. The molecule has 0 saturated carbocycles. The number of benzene rings is 1. The van der Waals surface area contributed by atoms with E-state index in [4.69, 9.17) is 20.8 Å². The van der Waals surface area contributed by atoms with Crippen LogP contribution in [0.1, 0.15) is 47.3 Å². The summed E-state index contributed by atoms with van der Waals surface area (Å²) in [7, 11) is 0. The van der Waals surface area contributed by atoms with Gasteiger partial charge in [0, 0.05) is 22.5 Å². The Balaban J connectivity index is 1.53. The number of ether oxygens (including phenoxy) is 1. The number of carbonyl (C=O) groups excluding carboxylic acids is 2. The van der Waals surface area contributed by atoms with Gasteiger partial charge in [0.25, 0.3) is 5.91 Å². The molecular formula is C25H27ClN2O4S. The molecule has 1 aromatic carbocycles. The average Bonchev–Trinajstić information content (AvgIpc) is 3.53. The van der Waals surface area contributed by atoms with Crippen LogP contribution >= 0.6 is 22.9 Å². The molecule has 4 rings (SSSR count). The van der Waals surface area contributed by atoms with E-state index >= 15 is 0 Å². The molecule has 0 spiro atoms. The van der Waals surface area contributed by atoms with Gasteiger partial charge in [-0.25, -0.2) is 0 Å². The molecule has 1 aliphatic heterocycles. The summed E-state index contributed by atoms with van der Waals surface area (Å²) in [6.45, 7) is 4.85. The third-order valence-corrected chi connectivity index (χ3v) is 7.31. The second kappa shape index (κ2) is 10.4. The summed E-state index contributed by atoms with van der Waals surface area (Å²) in [4.78, 5) is 31.3. The monoisotopic (exact) mass is 486 g/mol. The third-order valence-electron chi connectivity index (χ3n) is 6.06. The summed E-state index contributed by atoms with van der Waals surface area (Å²) in [6, 6.07) is 12.2. The number of hydrogen-bond acceptors (Lipinski definition) is 5. The van der Waals surface area contributed by atoms with Crippen LogP contribution in [0.3, 0.4) is 0 Å². The van der Waals surface area contributed by atoms with Crippen molar-refractivity contribution in [2.75, 3.05) is 19.7 Å². The highest BCUT2D eigenvalue weighted by Gasteiger charge is 2.34. The highest BCUT2D eigenvalue weighted by Crippen LogP contribution is 2.34. The Bertz CT molecular complexity index is 1080. The zero-order valence-electron chi connectivity index (χ0n) is 18.7. The number of halogens is 1. The third kappa shape index (κ3) is 5.25. The largest absolute Gasteiger partial charge is 0.491 e. The lowest BCUT2D eigenvalue weighted by Crippen LogP contribution is -2.49. The van der Waals surface area contributed by atoms with E-state index in [2.05, 4.69) is 11.4 Å². The Hall–Kier alpha value is -2.77. The van der Waals surface area contributed by atoms with Crippen LogP contribution in [0, 0.1) is 0 Å². The van der Waals surface area contributed by atoms with E-state index in [-0.39, 0.29) is 36.2 Å². The molecule has 33 heavy (non-hydrogen) atoms. The van der Waals surface area contributed by atoms with Crippen LogP contribution in [0.25, 0.3) is 0 Å². The zero-order valence-corrected chi connectivity index (χ0v) is 20.3. The normalized spacial score (nSPS) is 16.2. The van der Waals surface area contributed by atoms with Crippen molar-refractivity contribution in [1.82, 2.24) is 9.80 Å². The van der Waals surface area contributed by atoms with E-state index in [9.17, 15) is 9.59 Å². The maximum absolute atomic E-state index is 13.5. The number of nitrogens with zero attached hydrogens (tertiary/aromatic N) is 2. The molecule has 2 amide bonds. The van der Waals surface area contributed by atoms with Gasteiger partial charge < -0.3 is 19.0 Å². The Morgan fingerprint density at radius 2 is 2.06 bits per heavy atom. The molecule has 0 radical (unpaired) electrons. The Labute approximate surface area is 202 Å². The fourth-order valence-electron chi connectivity index (χ4n) is 4.01. The van der Waals surface area contributed by atoms with Crippen LogP contribution in [0.15, 0.2) is 58.5 Å². The van der Waals surface area contributed by atoms with Gasteiger partial charge in [-0.2, -0.15) is 0 Å². The quantitative estimate of drug-likeness (QED) is 0.425. The minimum atomic E-state index is -0.273. The maximum Gasteiger partial charge on any atom is 0.290 e. The molecule has 0 N–H and O–H groups in total. The topological polar surface area (TPSA) is 63.0 Å². The number of carbonyl (C=O) groups is 2. The fourth-order valence-corrected chi connectivity index (χ4v) is 5.06. The molecule has 0 aliphatic carbocycles. The van der Waals surface area contributed by atoms with Gasteiger partial charge in [-0.05, 0) is 73.2 Å². The van der Waals surface area contributed by atoms with Crippen LogP contribution in [0.4, 0.5) is 0 Å². The fraction of sp³-hybridized carbons (Fsp3) is 0.360. The molecule has 2 aromatic heterocycles. The average molecular weight is 487 g/mol. The molecule has 0 fully saturated rings. The Kier molecular flexibility index (Phi) is 7.40. The highest BCUT2D eigenvalue weighted by atomic mass is 35.5. The second-order valence-corrected chi connectivity index (χ2v) is 9.52. The molecule has 3 heterocycles. The van der Waals surface area contributed by atoms with Crippen molar-refractivity contribution in [2.24, 2.45) is 0 Å². The van der Waals surface area contributed by atoms with E-state index in [1.807, 2.05) is 30.9 Å². The van der Waals surface area contributed by atoms with Gasteiger partial charge >= 0.3 is 0 Å². The second-order valence-electron chi connectivity index (χ2n) is 8.08. The summed E-state index contributed by atoms with van der Waals surface area (Å²) in [5.74, 6) is 0.564. The van der Waals surface area contributed by atoms with Crippen LogP contribution in [-0.2, 0) is 11.2 Å². The van der Waals surface area contributed by atoms with Crippen LogP contribution in [0.5, 0.6) is 5.75 Å². The van der Waals surface area contributed by atoms with E-state index in [0.29, 0.717) is 23.9 Å². The smallest absolute Gasteiger partial charge is 0.290 e. The lowest BCUT2D eigenvalue weighted by atomic mass is 10.00. The van der Waals surface area contributed by atoms with Gasteiger partial charge in [-0.15, -0.1) is 11.3 Å². The zero-order chi connectivity index (χ0) is 23.4. The van der Waals surface area contributed by atoms with Crippen molar-refractivity contribution in [3.8, 4) is 5.75 Å². The first kappa shape index (κ1) is 23.4. The molecule has 2 atom stereocenters. The van der Waals surface area contributed by atoms with Crippen LogP contribution in [0.2, 0.25) is 5.02 Å². The standard InChI is InChI=1S/C25H27ClN2O4S/c1-3-17(2)28(25(30)22-5-4-13-31-22)15-24(29)27-12-10-23-20(11-14-33-23)21(27)16-32-19-8-6-18(26)7-9-19/h4-9,11,13-14,17,21H,3,10,12,15-16H2,1-2H3. The summed E-state index contributed by atoms with van der Waals surface area (Å²) in [5, 5.41) is 2.70. The van der Waals surface area contributed by atoms with Crippen molar-refractivity contribution in [1.29, 1.82) is 0 Å². The number of fused-ring (bicyclic) bond motifs is 1. The predicted octanol–water partition coefficient (Wildman–Crippen LogP) is 5.44. The van der Waals surface area contributed by atoms with Crippen molar-refractivity contribution >= 4 is 34.8 Å². The Morgan fingerprint density at radius 1 is 1.27 bits per heavy atom. The van der Waals surface area contributed by atoms with Crippen molar-refractivity contribution < 1.29 is 18.7 Å². The first-order valence-electron chi connectivity index (χ1n) is 11.1. The van der Waals surface area contributed by atoms with Gasteiger partial charge in [0.1, 0.15) is 18.9 Å². The number of rotatable bonds is 8. The summed E-state index contributed by atoms with van der Waals surface area (Å²) >= 11 is 7.68. The molecule has 3 aromatic rings. The van der Waals surface area contributed by atoms with Crippen molar-refractivity contribution in [3.05, 3.63) is 75.3 Å². The van der Waals surface area contributed by atoms with E-state index in [1.54, 1.807) is 40.5 Å². The van der Waals surface area contributed by atoms with Gasteiger partial charge in [0.2, 0.25) is 5.91 Å². The molecule has 0 bridgehead atoms. The molecule has 1 aliphatic rings. The number of hydrogen-bond donors (Lipinski definition) is 0.